The van der Waals surface area contributed by atoms with Crippen LogP contribution in [0, 0.1) is 11.8 Å². The Morgan fingerprint density at radius 2 is 1.68 bits per heavy atom. The van der Waals surface area contributed by atoms with Crippen molar-refractivity contribution in [3.63, 3.8) is 0 Å². The van der Waals surface area contributed by atoms with Gasteiger partial charge in [-0.2, -0.15) is 0 Å². The number of ether oxygens (including phenoxy) is 2. The molecule has 2 fully saturated rings. The number of hydrogen-bond donors (Lipinski definition) is 1. The molecular weight excluding hydrogens is 558 g/mol. The molecule has 0 saturated carbocycles. The van der Waals surface area contributed by atoms with Crippen LogP contribution in [0.15, 0.2) is 78.9 Å². The smallest absolute Gasteiger partial charge is 0.313 e. The number of hydrogen-bond acceptors (Lipinski definition) is 7. The first-order chi connectivity index (χ1) is 21.3. The molecule has 2 aromatic rings. The Bertz CT molecular complexity index is 1450. The Morgan fingerprint density at radius 1 is 0.955 bits per heavy atom. The first-order valence-electron chi connectivity index (χ1n) is 15.7. The van der Waals surface area contributed by atoms with Crippen LogP contribution < -0.4 is 9.80 Å². The van der Waals surface area contributed by atoms with Crippen molar-refractivity contribution in [2.75, 3.05) is 42.6 Å². The number of aliphatic hydroxyl groups excluding tert-OH is 1. The highest BCUT2D eigenvalue weighted by Crippen LogP contribution is 2.58. The van der Waals surface area contributed by atoms with Crippen LogP contribution in [0.5, 0.6) is 0 Å². The van der Waals surface area contributed by atoms with E-state index in [1.807, 2.05) is 78.9 Å². The van der Waals surface area contributed by atoms with Gasteiger partial charge in [-0.3, -0.25) is 14.4 Å². The number of anilines is 2. The summed E-state index contributed by atoms with van der Waals surface area (Å²) >= 11 is 0. The second-order valence-corrected chi connectivity index (χ2v) is 12.1. The molecule has 4 aliphatic rings. The van der Waals surface area contributed by atoms with Crippen molar-refractivity contribution in [2.24, 2.45) is 11.8 Å². The molecule has 232 valence electrons. The van der Waals surface area contributed by atoms with E-state index in [4.69, 9.17) is 9.47 Å². The van der Waals surface area contributed by atoms with E-state index in [0.29, 0.717) is 24.1 Å². The van der Waals surface area contributed by atoms with Gasteiger partial charge in [-0.15, -0.1) is 0 Å². The Labute approximate surface area is 258 Å². The number of fused-ring (bicyclic) bond motifs is 2. The highest BCUT2D eigenvalue weighted by Gasteiger charge is 2.75. The lowest BCUT2D eigenvalue weighted by molar-refractivity contribution is -0.159. The number of cyclic esters (lactones) is 1. The maximum atomic E-state index is 14.9. The Kier molecular flexibility index (Phi) is 8.11. The predicted molar refractivity (Wildman–Crippen MR) is 167 cm³/mol. The van der Waals surface area contributed by atoms with E-state index in [1.165, 1.54) is 4.90 Å². The number of benzene rings is 2. The number of carbonyl (C=O) groups is 3. The lowest BCUT2D eigenvalue weighted by atomic mass is 9.74. The minimum Gasteiger partial charge on any atom is -0.465 e. The van der Waals surface area contributed by atoms with E-state index in [2.05, 4.69) is 18.7 Å². The highest BCUT2D eigenvalue weighted by atomic mass is 16.6. The second-order valence-electron chi connectivity index (χ2n) is 12.1. The van der Waals surface area contributed by atoms with Crippen molar-refractivity contribution >= 4 is 29.2 Å². The third kappa shape index (κ3) is 4.73. The van der Waals surface area contributed by atoms with Crippen LogP contribution in [0.2, 0.25) is 0 Å². The molecule has 2 amide bonds. The zero-order valence-electron chi connectivity index (χ0n) is 25.6. The number of rotatable bonds is 7. The van der Waals surface area contributed by atoms with Crippen LogP contribution in [0.25, 0.3) is 0 Å². The highest BCUT2D eigenvalue weighted by molar-refractivity contribution is 6.06. The molecule has 44 heavy (non-hydrogen) atoms. The summed E-state index contributed by atoms with van der Waals surface area (Å²) in [6.07, 6.45) is 8.88. The van der Waals surface area contributed by atoms with Crippen molar-refractivity contribution < 1.29 is 29.0 Å². The average molecular weight is 600 g/mol. The SMILES string of the molecule is CCN(CC)c1ccc(N2CC=C[C@]34O[C@@]5(C)/C=C\CCCOC(=O)[C@H]5[C@H]3C(=O)N([C@H](CO)c3ccccc3)C4C2=O)cc1. The van der Waals surface area contributed by atoms with Crippen LogP contribution in [0.1, 0.15) is 45.2 Å². The summed E-state index contributed by atoms with van der Waals surface area (Å²) in [5.74, 6) is -3.24. The van der Waals surface area contributed by atoms with Crippen LogP contribution in [0.3, 0.4) is 0 Å². The maximum absolute atomic E-state index is 14.9. The van der Waals surface area contributed by atoms with Gasteiger partial charge in [0, 0.05) is 31.0 Å². The third-order valence-electron chi connectivity index (χ3n) is 9.67. The van der Waals surface area contributed by atoms with E-state index < -0.39 is 53.6 Å². The number of esters is 1. The summed E-state index contributed by atoms with van der Waals surface area (Å²) in [5, 5.41) is 10.7. The third-order valence-corrected chi connectivity index (χ3v) is 9.67. The molecule has 2 aromatic carbocycles. The Hall–Kier alpha value is -3.95. The van der Waals surface area contributed by atoms with Gasteiger partial charge < -0.3 is 29.3 Å². The number of nitrogens with zero attached hydrogens (tertiary/aromatic N) is 3. The van der Waals surface area contributed by atoms with Gasteiger partial charge >= 0.3 is 5.97 Å². The van der Waals surface area contributed by atoms with Gasteiger partial charge in [-0.25, -0.2) is 0 Å². The van der Waals surface area contributed by atoms with E-state index in [-0.39, 0.29) is 19.1 Å². The van der Waals surface area contributed by atoms with Gasteiger partial charge in [-0.1, -0.05) is 54.6 Å². The first kappa shape index (κ1) is 30.1. The van der Waals surface area contributed by atoms with Crippen LogP contribution in [0.4, 0.5) is 11.4 Å². The van der Waals surface area contributed by atoms with Gasteiger partial charge in [-0.05, 0) is 63.4 Å². The monoisotopic (exact) mass is 599 g/mol. The molecule has 1 unspecified atom stereocenters. The average Bonchev–Trinajstić information content (AvgIpc) is 3.38. The molecule has 9 heteroatoms. The molecule has 0 radical (unpaired) electrons. The normalized spacial score (nSPS) is 31.2. The molecule has 9 nitrogen and oxygen atoms in total. The van der Waals surface area contributed by atoms with E-state index in [1.54, 1.807) is 11.8 Å². The largest absolute Gasteiger partial charge is 0.465 e. The summed E-state index contributed by atoms with van der Waals surface area (Å²) in [6, 6.07) is 15.1. The predicted octanol–water partition coefficient (Wildman–Crippen LogP) is 4.03. The van der Waals surface area contributed by atoms with Gasteiger partial charge in [0.05, 0.1) is 30.8 Å². The second kappa shape index (κ2) is 11.9. The topological polar surface area (TPSA) is 99.6 Å². The maximum Gasteiger partial charge on any atom is 0.313 e. The van der Waals surface area contributed by atoms with Crippen LogP contribution in [-0.4, -0.2) is 77.9 Å². The number of amides is 2. The number of aliphatic hydroxyl groups is 1. The van der Waals surface area contributed by atoms with Gasteiger partial charge in [0.1, 0.15) is 17.6 Å². The lowest BCUT2D eigenvalue weighted by Gasteiger charge is -2.40. The van der Waals surface area contributed by atoms with E-state index >= 15 is 0 Å². The number of allylic oxidation sites excluding steroid dienone is 1. The van der Waals surface area contributed by atoms with Gasteiger partial charge in [0.15, 0.2) is 0 Å². The fourth-order valence-electron chi connectivity index (χ4n) is 7.60. The lowest BCUT2D eigenvalue weighted by Crippen LogP contribution is -2.57. The van der Waals surface area contributed by atoms with Crippen molar-refractivity contribution in [2.45, 2.75) is 56.9 Å². The summed E-state index contributed by atoms with van der Waals surface area (Å²) in [5.41, 5.74) is -0.184. The van der Waals surface area contributed by atoms with E-state index in [0.717, 1.165) is 18.8 Å². The van der Waals surface area contributed by atoms with Gasteiger partial charge in [0.25, 0.3) is 5.91 Å². The molecule has 2 saturated heterocycles. The number of carbonyl (C=O) groups excluding carboxylic acids is 3. The van der Waals surface area contributed by atoms with Crippen molar-refractivity contribution in [3.05, 3.63) is 84.5 Å². The van der Waals surface area contributed by atoms with Crippen molar-refractivity contribution in [3.8, 4) is 0 Å². The Balaban J connectivity index is 1.49. The zero-order chi connectivity index (χ0) is 31.1. The zero-order valence-corrected chi connectivity index (χ0v) is 25.6. The molecular formula is C35H41N3O6. The number of likely N-dealkylation sites (tertiary alicyclic amines) is 1. The molecule has 0 aromatic heterocycles. The molecule has 6 rings (SSSR count). The van der Waals surface area contributed by atoms with E-state index in [9.17, 15) is 19.5 Å². The minimum absolute atomic E-state index is 0.242. The summed E-state index contributed by atoms with van der Waals surface area (Å²) < 4.78 is 12.6. The standard InChI is InChI=1S/C35H41N3O6/c1-4-36(5-2)25-15-17-26(18-16-25)37-21-12-20-35-28(29-33(42)43-22-11-7-10-19-34(29,3)44-35)31(40)38(30(35)32(37)41)27(23-39)24-13-8-6-9-14-24/h6,8-10,12-20,27-30,39H,4-5,7,11,21-23H2,1-3H3/b19-10-/t27-,28+,29-,30?,34+,35+/m1/s1. The molecule has 4 heterocycles. The summed E-state index contributed by atoms with van der Waals surface area (Å²) in [6.45, 7) is 7.82. The van der Waals surface area contributed by atoms with Gasteiger partial charge in [0.2, 0.25) is 5.91 Å². The first-order valence-corrected chi connectivity index (χ1v) is 15.7. The molecule has 0 bridgehead atoms. The summed E-state index contributed by atoms with van der Waals surface area (Å²) in [4.78, 5) is 48.7. The van der Waals surface area contributed by atoms with Crippen LogP contribution in [-0.2, 0) is 23.9 Å². The molecule has 6 atom stereocenters. The fraction of sp³-hybridized carbons (Fsp3) is 0.457. The quantitative estimate of drug-likeness (QED) is 0.379. The molecule has 1 spiro atoms. The Morgan fingerprint density at radius 3 is 2.36 bits per heavy atom. The van der Waals surface area contributed by atoms with Crippen LogP contribution >= 0.6 is 0 Å². The van der Waals surface area contributed by atoms with Crippen molar-refractivity contribution in [1.29, 1.82) is 0 Å². The summed E-state index contributed by atoms with van der Waals surface area (Å²) in [7, 11) is 0. The molecule has 0 aliphatic carbocycles. The molecule has 1 N–H and O–H groups in total. The fourth-order valence-corrected chi connectivity index (χ4v) is 7.60. The van der Waals surface area contributed by atoms with Crippen molar-refractivity contribution in [1.82, 2.24) is 4.90 Å². The minimum atomic E-state index is -1.45. The molecule has 4 aliphatic heterocycles.